The Bertz CT molecular complexity index is 639. The van der Waals surface area contributed by atoms with Gasteiger partial charge in [-0.15, -0.1) is 0 Å². The Kier molecular flexibility index (Phi) is 6.31. The second-order valence-electron chi connectivity index (χ2n) is 6.35. The van der Waals surface area contributed by atoms with E-state index < -0.39 is 0 Å². The lowest BCUT2D eigenvalue weighted by atomic mass is 10.2. The molecule has 2 aromatic rings. The summed E-state index contributed by atoms with van der Waals surface area (Å²) in [6.07, 6.45) is 1.18. The third-order valence-corrected chi connectivity index (χ3v) is 4.78. The summed E-state index contributed by atoms with van der Waals surface area (Å²) in [5.41, 5.74) is 2.41. The molecule has 1 aliphatic rings. The molecule has 25 heavy (non-hydrogen) atoms. The first-order valence-electron chi connectivity index (χ1n) is 9.09. The van der Waals surface area contributed by atoms with Crippen molar-refractivity contribution in [2.75, 3.05) is 38.2 Å². The maximum absolute atomic E-state index is 6.19. The van der Waals surface area contributed by atoms with Gasteiger partial charge in [-0.1, -0.05) is 49.4 Å². The molecule has 0 radical (unpaired) electrons. The van der Waals surface area contributed by atoms with Crippen molar-refractivity contribution in [1.29, 1.82) is 0 Å². The minimum Gasteiger partial charge on any atom is -0.495 e. The number of anilines is 1. The van der Waals surface area contributed by atoms with E-state index in [4.69, 9.17) is 9.47 Å². The highest BCUT2D eigenvalue weighted by molar-refractivity contribution is 5.58. The number of ether oxygens (including phenoxy) is 2. The van der Waals surface area contributed by atoms with Crippen LogP contribution < -0.4 is 9.64 Å². The highest BCUT2D eigenvalue weighted by Gasteiger charge is 2.24. The van der Waals surface area contributed by atoms with Gasteiger partial charge in [0.25, 0.3) is 0 Å². The molecule has 1 atom stereocenters. The lowest BCUT2D eigenvalue weighted by molar-refractivity contribution is -0.0723. The predicted octanol–water partition coefficient (Wildman–Crippen LogP) is 3.77. The molecule has 0 aliphatic carbocycles. The van der Waals surface area contributed by atoms with Gasteiger partial charge in [-0.05, 0) is 24.1 Å². The van der Waals surface area contributed by atoms with Crippen LogP contribution in [0, 0.1) is 0 Å². The van der Waals surface area contributed by atoms with Crippen molar-refractivity contribution in [2.45, 2.75) is 26.2 Å². The van der Waals surface area contributed by atoms with E-state index in [1.165, 1.54) is 11.3 Å². The minimum absolute atomic E-state index is 0.181. The molecule has 0 N–H and O–H groups in total. The molecule has 1 aliphatic heterocycles. The first kappa shape index (κ1) is 17.8. The van der Waals surface area contributed by atoms with Gasteiger partial charge in [0.1, 0.15) is 12.0 Å². The van der Waals surface area contributed by atoms with Crippen LogP contribution in [0.5, 0.6) is 5.75 Å². The third kappa shape index (κ3) is 4.53. The van der Waals surface area contributed by atoms with Crippen LogP contribution in [0.25, 0.3) is 0 Å². The Hall–Kier alpha value is -2.04. The van der Waals surface area contributed by atoms with Crippen LogP contribution in [-0.4, -0.2) is 44.4 Å². The first-order valence-corrected chi connectivity index (χ1v) is 9.09. The molecule has 0 spiro atoms. The Morgan fingerprint density at radius 2 is 1.60 bits per heavy atom. The van der Waals surface area contributed by atoms with Crippen LogP contribution in [0.3, 0.4) is 0 Å². The van der Waals surface area contributed by atoms with E-state index in [-0.39, 0.29) is 6.23 Å². The zero-order valence-electron chi connectivity index (χ0n) is 15.2. The second kappa shape index (κ2) is 8.88. The number of hydrogen-bond donors (Lipinski definition) is 0. The van der Waals surface area contributed by atoms with Crippen LogP contribution in [0.1, 0.15) is 18.9 Å². The number of benzene rings is 2. The van der Waals surface area contributed by atoms with Crippen LogP contribution >= 0.6 is 0 Å². The summed E-state index contributed by atoms with van der Waals surface area (Å²) in [6, 6.07) is 18.6. The summed E-state index contributed by atoms with van der Waals surface area (Å²) in [7, 11) is 1.74. The lowest BCUT2D eigenvalue weighted by Crippen LogP contribution is -2.51. The number of methoxy groups -OCH3 is 1. The zero-order chi connectivity index (χ0) is 17.5. The maximum Gasteiger partial charge on any atom is 0.142 e. The van der Waals surface area contributed by atoms with Crippen molar-refractivity contribution in [2.24, 2.45) is 0 Å². The molecule has 1 fully saturated rings. The molecule has 3 rings (SSSR count). The first-order chi connectivity index (χ1) is 12.3. The van der Waals surface area contributed by atoms with E-state index >= 15 is 0 Å². The Morgan fingerprint density at radius 1 is 0.920 bits per heavy atom. The predicted molar refractivity (Wildman–Crippen MR) is 102 cm³/mol. The fourth-order valence-electron chi connectivity index (χ4n) is 3.39. The van der Waals surface area contributed by atoms with E-state index in [0.29, 0.717) is 6.61 Å². The number of para-hydroxylation sites is 2. The normalized spacial score (nSPS) is 16.6. The average Bonchev–Trinajstić information content (AvgIpc) is 2.70. The highest BCUT2D eigenvalue weighted by atomic mass is 16.5. The van der Waals surface area contributed by atoms with Gasteiger partial charge in [-0.2, -0.15) is 0 Å². The van der Waals surface area contributed by atoms with Gasteiger partial charge in [-0.25, -0.2) is 0 Å². The second-order valence-corrected chi connectivity index (χ2v) is 6.35. The van der Waals surface area contributed by atoms with Crippen LogP contribution in [0.4, 0.5) is 5.69 Å². The topological polar surface area (TPSA) is 24.9 Å². The van der Waals surface area contributed by atoms with Gasteiger partial charge >= 0.3 is 0 Å². The molecule has 2 aromatic carbocycles. The minimum atomic E-state index is 0.181. The monoisotopic (exact) mass is 340 g/mol. The van der Waals surface area contributed by atoms with Gasteiger partial charge in [0.15, 0.2) is 0 Å². The van der Waals surface area contributed by atoms with Crippen LogP contribution in [0.15, 0.2) is 54.6 Å². The summed E-state index contributed by atoms with van der Waals surface area (Å²) < 4.78 is 11.7. The molecular formula is C21H28N2O2. The van der Waals surface area contributed by atoms with Crippen LogP contribution in [-0.2, 0) is 11.3 Å². The van der Waals surface area contributed by atoms with Gasteiger partial charge in [0.2, 0.25) is 0 Å². The van der Waals surface area contributed by atoms with E-state index in [1.54, 1.807) is 7.11 Å². The number of piperazine rings is 1. The van der Waals surface area contributed by atoms with Crippen LogP contribution in [0.2, 0.25) is 0 Å². The molecule has 0 amide bonds. The quantitative estimate of drug-likeness (QED) is 0.766. The maximum atomic E-state index is 6.19. The third-order valence-electron chi connectivity index (χ3n) is 4.78. The standard InChI is InChI=1S/C21H28N2O2/c1-3-21(25-17-18-9-5-4-6-10-18)23-15-13-22(14-16-23)19-11-7-8-12-20(19)24-2/h4-12,21H,3,13-17H2,1-2H3. The van der Waals surface area contributed by atoms with Crippen molar-refractivity contribution in [1.82, 2.24) is 4.90 Å². The summed E-state index contributed by atoms with van der Waals surface area (Å²) in [4.78, 5) is 4.86. The van der Waals surface area contributed by atoms with Gasteiger partial charge in [0.05, 0.1) is 19.4 Å². The van der Waals surface area contributed by atoms with E-state index in [1.807, 2.05) is 18.2 Å². The molecule has 0 saturated carbocycles. The highest BCUT2D eigenvalue weighted by Crippen LogP contribution is 2.28. The number of nitrogens with zero attached hydrogens (tertiary/aromatic N) is 2. The van der Waals surface area contributed by atoms with E-state index in [0.717, 1.165) is 38.3 Å². The summed E-state index contributed by atoms with van der Waals surface area (Å²) in [5.74, 6) is 0.948. The van der Waals surface area contributed by atoms with E-state index in [9.17, 15) is 0 Å². The Labute approximate surface area is 151 Å². The number of rotatable bonds is 7. The van der Waals surface area contributed by atoms with Gasteiger partial charge in [-0.3, -0.25) is 4.90 Å². The van der Waals surface area contributed by atoms with E-state index in [2.05, 4.69) is 53.1 Å². The Morgan fingerprint density at radius 3 is 2.28 bits per heavy atom. The molecule has 1 saturated heterocycles. The molecule has 134 valence electrons. The Balaban J connectivity index is 1.55. The molecule has 4 nitrogen and oxygen atoms in total. The lowest BCUT2D eigenvalue weighted by Gasteiger charge is -2.40. The van der Waals surface area contributed by atoms with Crippen molar-refractivity contribution in [3.8, 4) is 5.75 Å². The number of hydrogen-bond acceptors (Lipinski definition) is 4. The zero-order valence-corrected chi connectivity index (χ0v) is 15.2. The molecular weight excluding hydrogens is 312 g/mol. The van der Waals surface area contributed by atoms with Gasteiger partial charge < -0.3 is 14.4 Å². The summed E-state index contributed by atoms with van der Waals surface area (Å²) >= 11 is 0. The molecule has 1 unspecified atom stereocenters. The van der Waals surface area contributed by atoms with Gasteiger partial charge in [0, 0.05) is 26.2 Å². The molecule has 0 aromatic heterocycles. The molecule has 4 heteroatoms. The van der Waals surface area contributed by atoms with Crippen molar-refractivity contribution in [3.05, 3.63) is 60.2 Å². The average molecular weight is 340 g/mol. The smallest absolute Gasteiger partial charge is 0.142 e. The largest absolute Gasteiger partial charge is 0.495 e. The van der Waals surface area contributed by atoms with Crippen molar-refractivity contribution in [3.63, 3.8) is 0 Å². The summed E-state index contributed by atoms with van der Waals surface area (Å²) in [6.45, 7) is 6.86. The fraction of sp³-hybridized carbons (Fsp3) is 0.429. The summed E-state index contributed by atoms with van der Waals surface area (Å²) in [5, 5.41) is 0. The van der Waals surface area contributed by atoms with Crippen molar-refractivity contribution < 1.29 is 9.47 Å². The SMILES string of the molecule is CCC(OCc1ccccc1)N1CCN(c2ccccc2OC)CC1. The van der Waals surface area contributed by atoms with Crippen molar-refractivity contribution >= 4 is 5.69 Å². The fourth-order valence-corrected chi connectivity index (χ4v) is 3.39. The molecule has 1 heterocycles. The molecule has 0 bridgehead atoms.